The monoisotopic (exact) mass is 456 g/mol. The van der Waals surface area contributed by atoms with Crippen LogP contribution in [0.4, 0.5) is 5.82 Å². The average Bonchev–Trinajstić information content (AvgIpc) is 3.05. The Morgan fingerprint density at radius 1 is 1.03 bits per heavy atom. The summed E-state index contributed by atoms with van der Waals surface area (Å²) in [6, 6.07) is 12.9. The maximum atomic E-state index is 6.15. The number of hydrogen-bond acceptors (Lipinski definition) is 6. The summed E-state index contributed by atoms with van der Waals surface area (Å²) in [4.78, 5) is 22.1. The van der Waals surface area contributed by atoms with Crippen LogP contribution in [0, 0.1) is 13.8 Å². The van der Waals surface area contributed by atoms with Crippen LogP contribution >= 0.6 is 0 Å². The molecule has 0 amide bonds. The summed E-state index contributed by atoms with van der Waals surface area (Å²) in [6.45, 7) is 9.16. The van der Waals surface area contributed by atoms with Crippen molar-refractivity contribution in [1.29, 1.82) is 0 Å². The Bertz CT molecular complexity index is 1340. The first-order valence-electron chi connectivity index (χ1n) is 11.9. The minimum absolute atomic E-state index is 0.625. The molecule has 1 aliphatic rings. The molecule has 0 aliphatic carbocycles. The van der Waals surface area contributed by atoms with Gasteiger partial charge in [0.05, 0.1) is 24.1 Å². The molecule has 1 aliphatic heterocycles. The van der Waals surface area contributed by atoms with E-state index >= 15 is 0 Å². The number of nitrogens with one attached hydrogen (secondary N) is 1. The van der Waals surface area contributed by atoms with Crippen molar-refractivity contribution in [3.63, 3.8) is 0 Å². The first-order chi connectivity index (χ1) is 16.4. The molecule has 0 atom stereocenters. The molecule has 7 nitrogen and oxygen atoms in total. The van der Waals surface area contributed by atoms with Gasteiger partial charge >= 0.3 is 0 Å². The van der Waals surface area contributed by atoms with Gasteiger partial charge in [-0.3, -0.25) is 0 Å². The number of ether oxygens (including phenoxy) is 1. The van der Waals surface area contributed by atoms with Gasteiger partial charge in [0.1, 0.15) is 29.8 Å². The lowest BCUT2D eigenvalue weighted by atomic mass is 10.0. The van der Waals surface area contributed by atoms with E-state index in [1.54, 1.807) is 0 Å². The van der Waals surface area contributed by atoms with Crippen molar-refractivity contribution in [3.05, 3.63) is 64.9 Å². The topological polar surface area (TPSA) is 70.2 Å². The second-order valence-electron chi connectivity index (χ2n) is 9.27. The van der Waals surface area contributed by atoms with Gasteiger partial charge in [-0.1, -0.05) is 19.1 Å². The molecule has 0 bridgehead atoms. The number of H-pyrrole nitrogens is 1. The highest BCUT2D eigenvalue weighted by Crippen LogP contribution is 2.32. The molecule has 3 heterocycles. The summed E-state index contributed by atoms with van der Waals surface area (Å²) in [6.07, 6.45) is 0.891. The van der Waals surface area contributed by atoms with E-state index < -0.39 is 0 Å². The smallest absolute Gasteiger partial charge is 0.144 e. The number of aryl methyl sites for hydroxylation is 2. The first kappa shape index (κ1) is 22.3. The van der Waals surface area contributed by atoms with Crippen LogP contribution in [0.2, 0.25) is 0 Å². The molecule has 0 spiro atoms. The second-order valence-corrected chi connectivity index (χ2v) is 9.27. The van der Waals surface area contributed by atoms with Crippen molar-refractivity contribution in [2.45, 2.75) is 40.3 Å². The van der Waals surface area contributed by atoms with Gasteiger partial charge in [0.2, 0.25) is 0 Å². The molecule has 4 aromatic rings. The summed E-state index contributed by atoms with van der Waals surface area (Å²) in [5, 5.41) is 0. The number of aromatic nitrogens is 4. The molecule has 2 aromatic carbocycles. The minimum Gasteiger partial charge on any atom is -0.491 e. The van der Waals surface area contributed by atoms with Crippen molar-refractivity contribution in [1.82, 2.24) is 24.8 Å². The van der Waals surface area contributed by atoms with Crippen LogP contribution in [-0.4, -0.2) is 52.1 Å². The highest BCUT2D eigenvalue weighted by atomic mass is 16.5. The second kappa shape index (κ2) is 9.06. The Balaban J connectivity index is 1.51. The van der Waals surface area contributed by atoms with Gasteiger partial charge in [-0.05, 0) is 69.8 Å². The molecule has 0 radical (unpaired) electrons. The fraction of sp³-hybridized carbons (Fsp3) is 0.370. The number of benzene rings is 2. The lowest BCUT2D eigenvalue weighted by Gasteiger charge is -2.25. The SMILES string of the molecule is CCc1nc(CN(C)C)nc(N2CCOc3ccc(-c4ccc5nc(C)[nH]c5c4)cc3C2)c1C. The lowest BCUT2D eigenvalue weighted by molar-refractivity contribution is 0.331. The van der Waals surface area contributed by atoms with E-state index in [1.807, 2.05) is 21.0 Å². The van der Waals surface area contributed by atoms with Crippen LogP contribution in [0.5, 0.6) is 5.75 Å². The summed E-state index contributed by atoms with van der Waals surface area (Å²) in [5.41, 5.74) is 7.81. The van der Waals surface area contributed by atoms with Gasteiger partial charge in [-0.25, -0.2) is 15.0 Å². The van der Waals surface area contributed by atoms with Crippen molar-refractivity contribution in [2.75, 3.05) is 32.1 Å². The number of hydrogen-bond donors (Lipinski definition) is 1. The summed E-state index contributed by atoms with van der Waals surface area (Å²) < 4.78 is 6.15. The zero-order valence-electron chi connectivity index (χ0n) is 20.6. The Morgan fingerprint density at radius 2 is 1.82 bits per heavy atom. The molecule has 2 aromatic heterocycles. The lowest BCUT2D eigenvalue weighted by Crippen LogP contribution is -2.28. The Hall–Kier alpha value is -3.45. The first-order valence-corrected chi connectivity index (χ1v) is 11.9. The van der Waals surface area contributed by atoms with Gasteiger partial charge in [0, 0.05) is 23.4 Å². The standard InChI is InChI=1S/C27H32N6O/c1-6-22-17(2)27(31-26(30-22)16-32(4)5)33-11-12-34-25-10-8-19(13-21(25)15-33)20-7-9-23-24(14-20)29-18(3)28-23/h7-10,13-14H,6,11-12,15-16H2,1-5H3,(H,28,29). The van der Waals surface area contributed by atoms with Gasteiger partial charge in [0.25, 0.3) is 0 Å². The zero-order valence-corrected chi connectivity index (χ0v) is 20.6. The average molecular weight is 457 g/mol. The maximum Gasteiger partial charge on any atom is 0.144 e. The fourth-order valence-electron chi connectivity index (χ4n) is 4.68. The third kappa shape index (κ3) is 4.35. The van der Waals surface area contributed by atoms with E-state index in [1.165, 1.54) is 11.1 Å². The van der Waals surface area contributed by atoms with E-state index in [0.29, 0.717) is 6.61 Å². The molecule has 0 saturated heterocycles. The molecule has 0 saturated carbocycles. The van der Waals surface area contributed by atoms with Gasteiger partial charge in [0.15, 0.2) is 0 Å². The van der Waals surface area contributed by atoms with Crippen LogP contribution in [-0.2, 0) is 19.5 Å². The van der Waals surface area contributed by atoms with E-state index in [0.717, 1.165) is 77.1 Å². The van der Waals surface area contributed by atoms with E-state index in [2.05, 4.69) is 70.0 Å². The molecule has 0 fully saturated rings. The van der Waals surface area contributed by atoms with Gasteiger partial charge in [-0.15, -0.1) is 0 Å². The molecule has 0 unspecified atom stereocenters. The molecule has 1 N–H and O–H groups in total. The van der Waals surface area contributed by atoms with E-state index in [9.17, 15) is 0 Å². The molecular formula is C27H32N6O. The van der Waals surface area contributed by atoms with Crippen LogP contribution < -0.4 is 9.64 Å². The number of aromatic amines is 1. The Labute approximate surface area is 200 Å². The highest BCUT2D eigenvalue weighted by Gasteiger charge is 2.21. The zero-order chi connectivity index (χ0) is 23.8. The van der Waals surface area contributed by atoms with Crippen LogP contribution in [0.15, 0.2) is 36.4 Å². The predicted octanol–water partition coefficient (Wildman–Crippen LogP) is 4.66. The van der Waals surface area contributed by atoms with Crippen LogP contribution in [0.25, 0.3) is 22.2 Å². The minimum atomic E-state index is 0.625. The summed E-state index contributed by atoms with van der Waals surface area (Å²) in [5.74, 6) is 3.75. The number of rotatable bonds is 5. The van der Waals surface area contributed by atoms with E-state index in [-0.39, 0.29) is 0 Å². The highest BCUT2D eigenvalue weighted by molar-refractivity contribution is 5.82. The fourth-order valence-corrected chi connectivity index (χ4v) is 4.68. The van der Waals surface area contributed by atoms with Crippen molar-refractivity contribution >= 4 is 16.9 Å². The molecule has 5 rings (SSSR count). The Kier molecular flexibility index (Phi) is 5.96. The molecule has 34 heavy (non-hydrogen) atoms. The Morgan fingerprint density at radius 3 is 2.62 bits per heavy atom. The molecule has 176 valence electrons. The number of imidazole rings is 1. The normalized spacial score (nSPS) is 13.8. The van der Waals surface area contributed by atoms with Crippen molar-refractivity contribution < 1.29 is 4.74 Å². The van der Waals surface area contributed by atoms with Crippen LogP contribution in [0.1, 0.15) is 35.4 Å². The quantitative estimate of drug-likeness (QED) is 0.471. The third-order valence-corrected chi connectivity index (χ3v) is 6.33. The molecular weight excluding hydrogens is 424 g/mol. The number of nitrogens with zero attached hydrogens (tertiary/aromatic N) is 5. The number of anilines is 1. The molecule has 7 heteroatoms. The van der Waals surface area contributed by atoms with E-state index in [4.69, 9.17) is 14.7 Å². The van der Waals surface area contributed by atoms with Crippen molar-refractivity contribution in [2.24, 2.45) is 0 Å². The number of fused-ring (bicyclic) bond motifs is 2. The maximum absolute atomic E-state index is 6.15. The summed E-state index contributed by atoms with van der Waals surface area (Å²) in [7, 11) is 4.10. The summed E-state index contributed by atoms with van der Waals surface area (Å²) >= 11 is 0. The van der Waals surface area contributed by atoms with Crippen molar-refractivity contribution in [3.8, 4) is 16.9 Å². The largest absolute Gasteiger partial charge is 0.491 e. The van der Waals surface area contributed by atoms with Crippen LogP contribution in [0.3, 0.4) is 0 Å². The third-order valence-electron chi connectivity index (χ3n) is 6.33. The van der Waals surface area contributed by atoms with Gasteiger partial charge in [-0.2, -0.15) is 0 Å². The predicted molar refractivity (Wildman–Crippen MR) is 136 cm³/mol. The van der Waals surface area contributed by atoms with Gasteiger partial charge < -0.3 is 19.5 Å².